The molecule has 8 nitrogen and oxygen atoms in total. The first-order valence-corrected chi connectivity index (χ1v) is 6.07. The number of ether oxygens (including phenoxy) is 1. The van der Waals surface area contributed by atoms with Crippen LogP contribution in [0.5, 0.6) is 5.75 Å². The summed E-state index contributed by atoms with van der Waals surface area (Å²) < 4.78 is 5.29. The molecular weight excluding hydrogens is 248 g/mol. The van der Waals surface area contributed by atoms with E-state index in [1.165, 1.54) is 13.4 Å². The largest absolute Gasteiger partial charge is 0.490 e. The van der Waals surface area contributed by atoms with Crippen molar-refractivity contribution in [3.05, 3.63) is 6.33 Å². The second-order valence-electron chi connectivity index (χ2n) is 4.41. The Bertz CT molecular complexity index is 466. The summed E-state index contributed by atoms with van der Waals surface area (Å²) in [4.78, 5) is 21.5. The smallest absolute Gasteiger partial charge is 0.222 e. The third kappa shape index (κ3) is 2.68. The molecule has 0 spiro atoms. The number of primary amides is 1. The van der Waals surface area contributed by atoms with Gasteiger partial charge in [-0.05, 0) is 12.8 Å². The number of nitrogens with two attached hydrogens (primary N) is 2. The summed E-state index contributed by atoms with van der Waals surface area (Å²) in [7, 11) is 1.53. The van der Waals surface area contributed by atoms with Crippen molar-refractivity contribution in [3.8, 4) is 5.75 Å². The van der Waals surface area contributed by atoms with Crippen molar-refractivity contribution in [1.29, 1.82) is 0 Å². The van der Waals surface area contributed by atoms with E-state index >= 15 is 0 Å². The molecule has 1 aliphatic heterocycles. The van der Waals surface area contributed by atoms with Crippen LogP contribution in [0.15, 0.2) is 6.33 Å². The molecule has 0 bridgehead atoms. The van der Waals surface area contributed by atoms with Gasteiger partial charge in [0.25, 0.3) is 0 Å². The number of carbonyl (C=O) groups is 1. The molecule has 1 aliphatic rings. The Morgan fingerprint density at radius 1 is 1.58 bits per heavy atom. The number of amides is 1. The molecule has 1 saturated heterocycles. The molecule has 8 heteroatoms. The zero-order valence-corrected chi connectivity index (χ0v) is 10.8. The third-order valence-corrected chi connectivity index (χ3v) is 3.25. The molecule has 0 saturated carbocycles. The van der Waals surface area contributed by atoms with Gasteiger partial charge >= 0.3 is 0 Å². The van der Waals surface area contributed by atoms with Crippen LogP contribution in [0.4, 0.5) is 11.6 Å². The highest BCUT2D eigenvalue weighted by atomic mass is 16.5. The van der Waals surface area contributed by atoms with Gasteiger partial charge in [0.05, 0.1) is 13.0 Å². The van der Waals surface area contributed by atoms with Gasteiger partial charge in [0.15, 0.2) is 11.6 Å². The van der Waals surface area contributed by atoms with Crippen molar-refractivity contribution in [2.24, 2.45) is 17.5 Å². The fourth-order valence-corrected chi connectivity index (χ4v) is 2.28. The number of piperidine rings is 1. The van der Waals surface area contributed by atoms with E-state index in [4.69, 9.17) is 16.3 Å². The Balaban J connectivity index is 2.28. The number of anilines is 2. The number of hydrogen-bond donors (Lipinski definition) is 3. The summed E-state index contributed by atoms with van der Waals surface area (Å²) >= 11 is 0. The molecule has 1 atom stereocenters. The molecule has 1 aromatic rings. The average Bonchev–Trinajstić information content (AvgIpc) is 2.46. The molecular formula is C11H18N6O2. The highest BCUT2D eigenvalue weighted by Crippen LogP contribution is 2.33. The van der Waals surface area contributed by atoms with Crippen molar-refractivity contribution in [2.45, 2.75) is 12.8 Å². The molecule has 19 heavy (non-hydrogen) atoms. The monoisotopic (exact) mass is 266 g/mol. The minimum Gasteiger partial charge on any atom is -0.490 e. The molecule has 1 amide bonds. The molecule has 2 heterocycles. The lowest BCUT2D eigenvalue weighted by Gasteiger charge is -2.32. The number of nitrogens with one attached hydrogen (secondary N) is 1. The number of nitrogens with zero attached hydrogens (tertiary/aromatic N) is 3. The van der Waals surface area contributed by atoms with Gasteiger partial charge in [0.1, 0.15) is 6.33 Å². The molecule has 1 aromatic heterocycles. The van der Waals surface area contributed by atoms with E-state index in [9.17, 15) is 4.79 Å². The van der Waals surface area contributed by atoms with E-state index < -0.39 is 0 Å². The van der Waals surface area contributed by atoms with Gasteiger partial charge in [0.2, 0.25) is 11.7 Å². The van der Waals surface area contributed by atoms with Crippen LogP contribution in [-0.2, 0) is 4.79 Å². The summed E-state index contributed by atoms with van der Waals surface area (Å²) in [5.41, 5.74) is 7.84. The average molecular weight is 266 g/mol. The maximum Gasteiger partial charge on any atom is 0.222 e. The van der Waals surface area contributed by atoms with Crippen molar-refractivity contribution in [3.63, 3.8) is 0 Å². The molecule has 0 aliphatic carbocycles. The fourth-order valence-electron chi connectivity index (χ4n) is 2.28. The van der Waals surface area contributed by atoms with Gasteiger partial charge in [-0.2, -0.15) is 0 Å². The second kappa shape index (κ2) is 5.70. The van der Waals surface area contributed by atoms with Crippen LogP contribution in [0.25, 0.3) is 0 Å². The van der Waals surface area contributed by atoms with Crippen LogP contribution in [0, 0.1) is 5.92 Å². The Morgan fingerprint density at radius 2 is 2.37 bits per heavy atom. The highest BCUT2D eigenvalue weighted by Gasteiger charge is 2.27. The lowest BCUT2D eigenvalue weighted by atomic mass is 9.97. The minimum atomic E-state index is -0.283. The fraction of sp³-hybridized carbons (Fsp3) is 0.545. The zero-order chi connectivity index (χ0) is 13.8. The number of carbonyl (C=O) groups excluding carboxylic acids is 1. The van der Waals surface area contributed by atoms with Gasteiger partial charge in [-0.3, -0.25) is 4.79 Å². The second-order valence-corrected chi connectivity index (χ2v) is 4.41. The lowest BCUT2D eigenvalue weighted by Crippen LogP contribution is -2.41. The predicted molar refractivity (Wildman–Crippen MR) is 70.5 cm³/mol. The Morgan fingerprint density at radius 3 is 3.00 bits per heavy atom. The zero-order valence-electron chi connectivity index (χ0n) is 10.8. The highest BCUT2D eigenvalue weighted by molar-refractivity contribution is 5.78. The summed E-state index contributed by atoms with van der Waals surface area (Å²) in [6, 6.07) is 0. The summed E-state index contributed by atoms with van der Waals surface area (Å²) in [5, 5.41) is 0. The van der Waals surface area contributed by atoms with Crippen molar-refractivity contribution >= 4 is 17.5 Å². The number of hydrogen-bond acceptors (Lipinski definition) is 7. The van der Waals surface area contributed by atoms with Gasteiger partial charge < -0.3 is 20.8 Å². The minimum absolute atomic E-state index is 0.164. The first-order chi connectivity index (χ1) is 9.17. The van der Waals surface area contributed by atoms with E-state index in [-0.39, 0.29) is 11.8 Å². The molecule has 1 unspecified atom stereocenters. The van der Waals surface area contributed by atoms with Crippen molar-refractivity contribution < 1.29 is 9.53 Å². The Kier molecular flexibility index (Phi) is 4.00. The standard InChI is InChI=1S/C11H18N6O2/c1-19-8-10(16-13)14-6-15-11(8)17-4-2-3-7(5-17)9(12)18/h6-7H,2-5,13H2,1H3,(H2,12,18)(H,14,15,16). The third-order valence-electron chi connectivity index (χ3n) is 3.25. The molecule has 1 fully saturated rings. The van der Waals surface area contributed by atoms with Crippen LogP contribution in [0.1, 0.15) is 12.8 Å². The van der Waals surface area contributed by atoms with Crippen LogP contribution < -0.4 is 26.6 Å². The molecule has 104 valence electrons. The number of methoxy groups -OCH3 is 1. The Hall–Kier alpha value is -2.09. The van der Waals surface area contributed by atoms with Gasteiger partial charge in [0, 0.05) is 13.1 Å². The van der Waals surface area contributed by atoms with Crippen molar-refractivity contribution in [2.75, 3.05) is 30.5 Å². The first kappa shape index (κ1) is 13.3. The van der Waals surface area contributed by atoms with Crippen LogP contribution in [0.3, 0.4) is 0 Å². The first-order valence-electron chi connectivity index (χ1n) is 6.07. The topological polar surface area (TPSA) is 119 Å². The van der Waals surface area contributed by atoms with E-state index in [2.05, 4.69) is 15.4 Å². The van der Waals surface area contributed by atoms with E-state index in [0.717, 1.165) is 19.4 Å². The molecule has 5 N–H and O–H groups in total. The maximum atomic E-state index is 11.3. The van der Waals surface area contributed by atoms with Crippen LogP contribution >= 0.6 is 0 Å². The molecule has 2 rings (SSSR count). The van der Waals surface area contributed by atoms with Crippen molar-refractivity contribution in [1.82, 2.24) is 9.97 Å². The molecule has 0 radical (unpaired) electrons. The van der Waals surface area contributed by atoms with E-state index in [0.29, 0.717) is 23.9 Å². The van der Waals surface area contributed by atoms with Crippen LogP contribution in [-0.4, -0.2) is 36.1 Å². The summed E-state index contributed by atoms with van der Waals surface area (Å²) in [6.07, 6.45) is 3.09. The number of aromatic nitrogens is 2. The lowest BCUT2D eigenvalue weighted by molar-refractivity contribution is -0.122. The van der Waals surface area contributed by atoms with E-state index in [1.54, 1.807) is 0 Å². The number of hydrazine groups is 1. The maximum absolute atomic E-state index is 11.3. The Labute approximate surface area is 111 Å². The van der Waals surface area contributed by atoms with Gasteiger partial charge in [-0.1, -0.05) is 0 Å². The van der Waals surface area contributed by atoms with Gasteiger partial charge in [-0.15, -0.1) is 0 Å². The van der Waals surface area contributed by atoms with Crippen LogP contribution in [0.2, 0.25) is 0 Å². The summed E-state index contributed by atoms with van der Waals surface area (Å²) in [5.74, 6) is 6.44. The normalized spacial score (nSPS) is 19.1. The summed E-state index contributed by atoms with van der Waals surface area (Å²) in [6.45, 7) is 1.33. The quantitative estimate of drug-likeness (QED) is 0.495. The number of rotatable bonds is 4. The SMILES string of the molecule is COc1c(NN)ncnc1N1CCCC(C(N)=O)C1. The number of nitrogen functional groups attached to an aromatic ring is 1. The molecule has 0 aromatic carbocycles. The predicted octanol–water partition coefficient (Wildman–Crippen LogP) is -0.528. The van der Waals surface area contributed by atoms with E-state index in [1.807, 2.05) is 4.90 Å². The van der Waals surface area contributed by atoms with Gasteiger partial charge in [-0.25, -0.2) is 15.8 Å².